The summed E-state index contributed by atoms with van der Waals surface area (Å²) in [6.07, 6.45) is 14.8. The molecule has 130 valence electrons. The zero-order valence-electron chi connectivity index (χ0n) is 14.9. The molecule has 1 saturated carbocycles. The Morgan fingerprint density at radius 3 is 2.29 bits per heavy atom. The van der Waals surface area contributed by atoms with Crippen molar-refractivity contribution in [1.29, 1.82) is 0 Å². The molecule has 0 aromatic heterocycles. The van der Waals surface area contributed by atoms with Crippen molar-refractivity contribution in [2.45, 2.75) is 69.9 Å². The number of anilines is 1. The lowest BCUT2D eigenvalue weighted by Crippen LogP contribution is -2.49. The van der Waals surface area contributed by atoms with Gasteiger partial charge in [-0.2, -0.15) is 0 Å². The fraction of sp³-hybridized carbons (Fsp3) is 0.667. The molecule has 0 unspecified atom stereocenters. The van der Waals surface area contributed by atoms with Gasteiger partial charge in [-0.15, -0.1) is 0 Å². The van der Waals surface area contributed by atoms with E-state index in [1.807, 2.05) is 0 Å². The van der Waals surface area contributed by atoms with Crippen LogP contribution in [0.1, 0.15) is 57.8 Å². The summed E-state index contributed by atoms with van der Waals surface area (Å²) >= 11 is 0. The fourth-order valence-electron chi connectivity index (χ4n) is 4.85. The molecule has 0 spiro atoms. The Labute approximate surface area is 146 Å². The number of hydrogen-bond acceptors (Lipinski definition) is 3. The summed E-state index contributed by atoms with van der Waals surface area (Å²) < 4.78 is 0. The van der Waals surface area contributed by atoms with Crippen molar-refractivity contribution in [1.82, 2.24) is 4.90 Å². The minimum absolute atomic E-state index is 0.683. The van der Waals surface area contributed by atoms with Gasteiger partial charge in [-0.05, 0) is 37.8 Å². The Hall–Kier alpha value is -1.35. The predicted octanol–water partition coefficient (Wildman–Crippen LogP) is 4.79. The number of hydrogen-bond donors (Lipinski definition) is 0. The summed E-state index contributed by atoms with van der Waals surface area (Å²) in [7, 11) is 0. The van der Waals surface area contributed by atoms with E-state index < -0.39 is 0 Å². The summed E-state index contributed by atoms with van der Waals surface area (Å²) in [4.78, 5) is 9.98. The van der Waals surface area contributed by atoms with Crippen molar-refractivity contribution in [3.63, 3.8) is 0 Å². The topological polar surface area (TPSA) is 18.8 Å². The molecule has 1 saturated heterocycles. The first-order valence-electron chi connectivity index (χ1n) is 10.0. The van der Waals surface area contributed by atoms with Crippen LogP contribution in [0.2, 0.25) is 0 Å². The second-order valence-electron chi connectivity index (χ2n) is 7.72. The number of benzene rings is 1. The third-order valence-electron chi connectivity index (χ3n) is 6.23. The van der Waals surface area contributed by atoms with Crippen LogP contribution in [0.15, 0.2) is 29.3 Å². The van der Waals surface area contributed by atoms with Crippen molar-refractivity contribution >= 4 is 17.6 Å². The van der Waals surface area contributed by atoms with Gasteiger partial charge in [0.15, 0.2) is 0 Å². The van der Waals surface area contributed by atoms with Gasteiger partial charge >= 0.3 is 0 Å². The van der Waals surface area contributed by atoms with Crippen LogP contribution in [0.25, 0.3) is 0 Å². The number of aliphatic imine (C=N–C) groups is 1. The highest BCUT2D eigenvalue weighted by Crippen LogP contribution is 2.34. The molecule has 3 aliphatic rings. The van der Waals surface area contributed by atoms with Crippen LogP contribution >= 0.6 is 0 Å². The summed E-state index contributed by atoms with van der Waals surface area (Å²) in [5.74, 6) is 0. The standard InChI is InChI=1S/C21H31N3/c1-2-4-8-18(9-5-3-1)23-15-12-19(13-16-23)24-17-14-22-20-10-6-7-11-21(20)24/h6-7,10-11,14,18-19H,1-5,8-9,12-13,15-17H2. The Balaban J connectivity index is 1.37. The fourth-order valence-corrected chi connectivity index (χ4v) is 4.85. The summed E-state index contributed by atoms with van der Waals surface area (Å²) in [6, 6.07) is 10.2. The number of para-hydroxylation sites is 2. The SMILES string of the molecule is C1=Nc2ccccc2N(C2CCN(C3CCCCCCC3)CC2)C1. The Morgan fingerprint density at radius 2 is 1.50 bits per heavy atom. The van der Waals surface area contributed by atoms with Gasteiger partial charge in [0, 0.05) is 31.4 Å². The Kier molecular flexibility index (Phi) is 5.17. The molecule has 3 nitrogen and oxygen atoms in total. The zero-order valence-corrected chi connectivity index (χ0v) is 14.9. The first-order chi connectivity index (χ1) is 11.9. The summed E-state index contributed by atoms with van der Waals surface area (Å²) in [6.45, 7) is 3.54. The van der Waals surface area contributed by atoms with Gasteiger partial charge in [-0.1, -0.05) is 44.2 Å². The van der Waals surface area contributed by atoms with Crippen molar-refractivity contribution in [3.8, 4) is 0 Å². The maximum atomic E-state index is 4.57. The van der Waals surface area contributed by atoms with E-state index in [0.717, 1.165) is 18.3 Å². The van der Waals surface area contributed by atoms with Crippen molar-refractivity contribution < 1.29 is 0 Å². The second kappa shape index (κ2) is 7.69. The van der Waals surface area contributed by atoms with Crippen LogP contribution in [0.3, 0.4) is 0 Å². The lowest BCUT2D eigenvalue weighted by Gasteiger charge is -2.43. The van der Waals surface area contributed by atoms with Crippen molar-refractivity contribution in [2.75, 3.05) is 24.5 Å². The number of rotatable bonds is 2. The number of fused-ring (bicyclic) bond motifs is 1. The monoisotopic (exact) mass is 325 g/mol. The second-order valence-corrected chi connectivity index (χ2v) is 7.72. The maximum Gasteiger partial charge on any atom is 0.0860 e. The summed E-state index contributed by atoms with van der Waals surface area (Å²) in [5.41, 5.74) is 2.48. The smallest absolute Gasteiger partial charge is 0.0860 e. The van der Waals surface area contributed by atoms with Crippen LogP contribution in [0.5, 0.6) is 0 Å². The number of piperidine rings is 1. The third-order valence-corrected chi connectivity index (χ3v) is 6.23. The Bertz CT molecular complexity index is 552. The van der Waals surface area contributed by atoms with E-state index in [9.17, 15) is 0 Å². The molecular formula is C21H31N3. The predicted molar refractivity (Wildman–Crippen MR) is 103 cm³/mol. The largest absolute Gasteiger partial charge is 0.361 e. The Morgan fingerprint density at radius 1 is 0.792 bits per heavy atom. The highest BCUT2D eigenvalue weighted by Gasteiger charge is 2.29. The molecule has 1 aromatic rings. The van der Waals surface area contributed by atoms with Crippen LogP contribution in [-0.4, -0.2) is 42.8 Å². The first kappa shape index (κ1) is 16.1. The van der Waals surface area contributed by atoms with Gasteiger partial charge in [-0.3, -0.25) is 4.99 Å². The average Bonchev–Trinajstić information content (AvgIpc) is 2.61. The molecule has 0 N–H and O–H groups in total. The molecule has 2 heterocycles. The van der Waals surface area contributed by atoms with E-state index in [0.29, 0.717) is 6.04 Å². The van der Waals surface area contributed by atoms with Crippen molar-refractivity contribution in [3.05, 3.63) is 24.3 Å². The molecule has 0 bridgehead atoms. The molecule has 2 aliphatic heterocycles. The van der Waals surface area contributed by atoms with E-state index in [4.69, 9.17) is 0 Å². The van der Waals surface area contributed by atoms with Gasteiger partial charge in [0.25, 0.3) is 0 Å². The van der Waals surface area contributed by atoms with E-state index in [2.05, 4.69) is 45.3 Å². The van der Waals surface area contributed by atoms with Gasteiger partial charge < -0.3 is 9.80 Å². The minimum atomic E-state index is 0.683. The number of nitrogens with zero attached hydrogens (tertiary/aromatic N) is 3. The molecule has 4 rings (SSSR count). The van der Waals surface area contributed by atoms with Gasteiger partial charge in [0.2, 0.25) is 0 Å². The van der Waals surface area contributed by atoms with Crippen LogP contribution in [-0.2, 0) is 0 Å². The lowest BCUT2D eigenvalue weighted by molar-refractivity contribution is 0.129. The van der Waals surface area contributed by atoms with Gasteiger partial charge in [0.1, 0.15) is 0 Å². The lowest BCUT2D eigenvalue weighted by atomic mass is 9.93. The minimum Gasteiger partial charge on any atom is -0.361 e. The van der Waals surface area contributed by atoms with Gasteiger partial charge in [-0.25, -0.2) is 0 Å². The molecule has 1 aliphatic carbocycles. The van der Waals surface area contributed by atoms with E-state index >= 15 is 0 Å². The molecule has 1 aromatic carbocycles. The van der Waals surface area contributed by atoms with Crippen LogP contribution in [0, 0.1) is 0 Å². The molecule has 3 heteroatoms. The van der Waals surface area contributed by atoms with E-state index in [1.165, 1.54) is 76.6 Å². The van der Waals surface area contributed by atoms with E-state index in [-0.39, 0.29) is 0 Å². The maximum absolute atomic E-state index is 4.57. The van der Waals surface area contributed by atoms with Crippen LogP contribution < -0.4 is 4.90 Å². The molecule has 24 heavy (non-hydrogen) atoms. The normalized spacial score (nSPS) is 24.4. The quantitative estimate of drug-likeness (QED) is 0.779. The third kappa shape index (κ3) is 3.51. The molecule has 0 atom stereocenters. The molecule has 2 fully saturated rings. The molecule has 0 radical (unpaired) electrons. The average molecular weight is 326 g/mol. The highest BCUT2D eigenvalue weighted by molar-refractivity contribution is 5.81. The highest BCUT2D eigenvalue weighted by atomic mass is 15.2. The van der Waals surface area contributed by atoms with Crippen LogP contribution in [0.4, 0.5) is 11.4 Å². The molecule has 0 amide bonds. The molecular weight excluding hydrogens is 294 g/mol. The van der Waals surface area contributed by atoms with Crippen molar-refractivity contribution in [2.24, 2.45) is 4.99 Å². The first-order valence-corrected chi connectivity index (χ1v) is 10.0. The number of likely N-dealkylation sites (tertiary alicyclic amines) is 1. The summed E-state index contributed by atoms with van der Waals surface area (Å²) in [5, 5.41) is 0. The van der Waals surface area contributed by atoms with Gasteiger partial charge in [0.05, 0.1) is 17.9 Å². The van der Waals surface area contributed by atoms with E-state index in [1.54, 1.807) is 0 Å². The zero-order chi connectivity index (χ0) is 16.2.